The van der Waals surface area contributed by atoms with Gasteiger partial charge in [-0.3, -0.25) is 9.69 Å². The van der Waals surface area contributed by atoms with E-state index in [1.54, 1.807) is 11.9 Å². The molecule has 1 saturated heterocycles. The summed E-state index contributed by atoms with van der Waals surface area (Å²) in [6.45, 7) is 3.23. The van der Waals surface area contributed by atoms with Crippen molar-refractivity contribution in [2.45, 2.75) is 18.9 Å². The molecule has 0 aromatic carbocycles. The van der Waals surface area contributed by atoms with Gasteiger partial charge in [0.2, 0.25) is 0 Å². The second kappa shape index (κ2) is 5.36. The van der Waals surface area contributed by atoms with Crippen molar-refractivity contribution in [3.05, 3.63) is 23.6 Å². The fourth-order valence-electron chi connectivity index (χ4n) is 2.70. The second-order valence-electron chi connectivity index (χ2n) is 5.36. The largest absolute Gasteiger partial charge is 0.372 e. The predicted molar refractivity (Wildman–Crippen MR) is 74.2 cm³/mol. The highest BCUT2D eigenvalue weighted by Crippen LogP contribution is 2.28. The maximum Gasteiger partial charge on any atom is 0.257 e. The smallest absolute Gasteiger partial charge is 0.257 e. The summed E-state index contributed by atoms with van der Waals surface area (Å²) in [5.41, 5.74) is 0.312. The normalized spacial score (nSPS) is 20.0. The van der Waals surface area contributed by atoms with Crippen molar-refractivity contribution in [2.24, 2.45) is 0 Å². The van der Waals surface area contributed by atoms with Crippen LogP contribution in [-0.2, 0) is 0 Å². The Morgan fingerprint density at radius 1 is 1.35 bits per heavy atom. The average Bonchev–Trinajstić information content (AvgIpc) is 3.31. The summed E-state index contributed by atoms with van der Waals surface area (Å²) < 4.78 is 13.3. The van der Waals surface area contributed by atoms with Gasteiger partial charge in [-0.15, -0.1) is 0 Å². The maximum absolute atomic E-state index is 13.3. The number of rotatable bonds is 3. The molecule has 108 valence electrons. The van der Waals surface area contributed by atoms with E-state index in [1.807, 2.05) is 0 Å². The third-order valence-corrected chi connectivity index (χ3v) is 3.99. The van der Waals surface area contributed by atoms with E-state index in [2.05, 4.69) is 15.2 Å². The molecule has 1 aromatic heterocycles. The summed E-state index contributed by atoms with van der Waals surface area (Å²) in [6, 6.07) is 1.99. The van der Waals surface area contributed by atoms with Crippen LogP contribution >= 0.6 is 0 Å². The van der Waals surface area contributed by atoms with E-state index >= 15 is 0 Å². The van der Waals surface area contributed by atoms with Crippen LogP contribution in [0.1, 0.15) is 23.2 Å². The van der Waals surface area contributed by atoms with Gasteiger partial charge in [0.15, 0.2) is 0 Å². The van der Waals surface area contributed by atoms with E-state index in [0.29, 0.717) is 24.5 Å². The van der Waals surface area contributed by atoms with Gasteiger partial charge < -0.3 is 10.2 Å². The van der Waals surface area contributed by atoms with Gasteiger partial charge in [-0.05, 0) is 18.9 Å². The summed E-state index contributed by atoms with van der Waals surface area (Å²) in [4.78, 5) is 20.6. The molecule has 0 radical (unpaired) electrons. The fourth-order valence-corrected chi connectivity index (χ4v) is 2.70. The summed E-state index contributed by atoms with van der Waals surface area (Å²) in [5.74, 6) is -0.193. The van der Waals surface area contributed by atoms with Crippen LogP contribution < -0.4 is 5.32 Å². The number of aromatic nitrogens is 1. The van der Waals surface area contributed by atoms with Gasteiger partial charge in [0.1, 0.15) is 11.6 Å². The van der Waals surface area contributed by atoms with Crippen LogP contribution in [0.25, 0.3) is 0 Å². The monoisotopic (exact) mass is 278 g/mol. The molecule has 1 aliphatic heterocycles. The number of anilines is 1. The molecule has 0 unspecified atom stereocenters. The SMILES string of the molecule is CNc1ncc(F)cc1C(=O)N1CCN(C2CC2)CC1. The topological polar surface area (TPSA) is 48.5 Å². The highest BCUT2D eigenvalue weighted by molar-refractivity contribution is 5.98. The first-order valence-corrected chi connectivity index (χ1v) is 7.05. The summed E-state index contributed by atoms with van der Waals surface area (Å²) in [5, 5.41) is 2.84. The lowest BCUT2D eigenvalue weighted by atomic mass is 10.2. The molecule has 20 heavy (non-hydrogen) atoms. The van der Waals surface area contributed by atoms with Gasteiger partial charge in [0.05, 0.1) is 11.8 Å². The zero-order valence-electron chi connectivity index (χ0n) is 11.6. The molecule has 1 saturated carbocycles. The van der Waals surface area contributed by atoms with Crippen LogP contribution in [-0.4, -0.2) is 60.0 Å². The Morgan fingerprint density at radius 3 is 2.65 bits per heavy atom. The predicted octanol–water partition coefficient (Wildman–Crippen LogP) is 1.18. The molecular weight excluding hydrogens is 259 g/mol. The minimum atomic E-state index is -0.482. The van der Waals surface area contributed by atoms with Gasteiger partial charge in [-0.2, -0.15) is 0 Å². The molecule has 2 aliphatic rings. The quantitative estimate of drug-likeness (QED) is 0.902. The van der Waals surface area contributed by atoms with Crippen molar-refractivity contribution >= 4 is 11.7 Å². The number of carbonyl (C=O) groups is 1. The molecule has 0 atom stereocenters. The van der Waals surface area contributed by atoms with Crippen molar-refractivity contribution < 1.29 is 9.18 Å². The van der Waals surface area contributed by atoms with Crippen molar-refractivity contribution in [1.82, 2.24) is 14.8 Å². The lowest BCUT2D eigenvalue weighted by Crippen LogP contribution is -2.49. The minimum absolute atomic E-state index is 0.142. The molecule has 2 heterocycles. The molecule has 3 rings (SSSR count). The summed E-state index contributed by atoms with van der Waals surface area (Å²) in [7, 11) is 1.68. The number of pyridine rings is 1. The van der Waals surface area contributed by atoms with Crippen LogP contribution in [0.3, 0.4) is 0 Å². The Balaban J connectivity index is 1.71. The Bertz CT molecular complexity index is 510. The minimum Gasteiger partial charge on any atom is -0.372 e. The van der Waals surface area contributed by atoms with Gasteiger partial charge in [-0.25, -0.2) is 9.37 Å². The van der Waals surface area contributed by atoms with Crippen LogP contribution in [0, 0.1) is 5.82 Å². The number of carbonyl (C=O) groups excluding carboxylic acids is 1. The number of halogens is 1. The van der Waals surface area contributed by atoms with Crippen molar-refractivity contribution in [2.75, 3.05) is 38.5 Å². The van der Waals surface area contributed by atoms with E-state index in [-0.39, 0.29) is 5.91 Å². The molecule has 1 aromatic rings. The van der Waals surface area contributed by atoms with E-state index in [4.69, 9.17) is 0 Å². The Kier molecular flexibility index (Phi) is 3.56. The fraction of sp³-hybridized carbons (Fsp3) is 0.571. The first-order chi connectivity index (χ1) is 9.69. The van der Waals surface area contributed by atoms with E-state index < -0.39 is 5.82 Å². The van der Waals surface area contributed by atoms with E-state index in [1.165, 1.54) is 18.9 Å². The van der Waals surface area contributed by atoms with Crippen LogP contribution in [0.15, 0.2) is 12.3 Å². The molecule has 6 heteroatoms. The molecule has 2 fully saturated rings. The van der Waals surface area contributed by atoms with Crippen LogP contribution in [0.5, 0.6) is 0 Å². The second-order valence-corrected chi connectivity index (χ2v) is 5.36. The van der Waals surface area contributed by atoms with Crippen LogP contribution in [0.4, 0.5) is 10.2 Å². The van der Waals surface area contributed by atoms with Crippen molar-refractivity contribution in [3.63, 3.8) is 0 Å². The van der Waals surface area contributed by atoms with Gasteiger partial charge >= 0.3 is 0 Å². The number of amides is 1. The summed E-state index contributed by atoms with van der Waals surface area (Å²) >= 11 is 0. The lowest BCUT2D eigenvalue weighted by Gasteiger charge is -2.35. The number of nitrogens with zero attached hydrogens (tertiary/aromatic N) is 3. The zero-order chi connectivity index (χ0) is 14.1. The first-order valence-electron chi connectivity index (χ1n) is 7.05. The number of nitrogens with one attached hydrogen (secondary N) is 1. The molecule has 0 bridgehead atoms. The number of hydrogen-bond donors (Lipinski definition) is 1. The molecule has 1 aliphatic carbocycles. The highest BCUT2D eigenvalue weighted by Gasteiger charge is 2.32. The highest BCUT2D eigenvalue weighted by atomic mass is 19.1. The third kappa shape index (κ3) is 2.60. The van der Waals surface area contributed by atoms with Gasteiger partial charge in [0.25, 0.3) is 5.91 Å². The molecule has 1 N–H and O–H groups in total. The van der Waals surface area contributed by atoms with Crippen molar-refractivity contribution in [1.29, 1.82) is 0 Å². The first kappa shape index (κ1) is 13.3. The lowest BCUT2D eigenvalue weighted by molar-refractivity contribution is 0.0627. The third-order valence-electron chi connectivity index (χ3n) is 3.99. The molecule has 5 nitrogen and oxygen atoms in total. The molecular formula is C14H19FN4O. The Morgan fingerprint density at radius 2 is 2.05 bits per heavy atom. The van der Waals surface area contributed by atoms with Crippen LogP contribution in [0.2, 0.25) is 0 Å². The summed E-state index contributed by atoms with van der Waals surface area (Å²) in [6.07, 6.45) is 3.69. The maximum atomic E-state index is 13.3. The van der Waals surface area contributed by atoms with E-state index in [9.17, 15) is 9.18 Å². The molecule has 0 spiro atoms. The number of hydrogen-bond acceptors (Lipinski definition) is 4. The number of piperazine rings is 1. The standard InChI is InChI=1S/C14H19FN4O/c1-16-13-12(8-10(15)9-17-13)14(20)19-6-4-18(5-7-19)11-2-3-11/h8-9,11H,2-7H2,1H3,(H,16,17). The zero-order valence-corrected chi connectivity index (χ0v) is 11.6. The Hall–Kier alpha value is -1.69. The average molecular weight is 278 g/mol. The van der Waals surface area contributed by atoms with Gasteiger partial charge in [-0.1, -0.05) is 0 Å². The van der Waals surface area contributed by atoms with E-state index in [0.717, 1.165) is 25.3 Å². The molecule has 1 amide bonds. The van der Waals surface area contributed by atoms with Crippen molar-refractivity contribution in [3.8, 4) is 0 Å². The van der Waals surface area contributed by atoms with Gasteiger partial charge in [0, 0.05) is 39.3 Å². The Labute approximate surface area is 117 Å².